The number of amides is 1. The number of piperidine rings is 1. The number of aromatic nitrogens is 4. The smallest absolute Gasteiger partial charge is 0.274 e. The van der Waals surface area contributed by atoms with Crippen LogP contribution in [0.5, 0.6) is 0 Å². The van der Waals surface area contributed by atoms with Gasteiger partial charge in [0.15, 0.2) is 5.69 Å². The Hall–Kier alpha value is -2.80. The van der Waals surface area contributed by atoms with Crippen LogP contribution in [0, 0.1) is 6.92 Å². The Morgan fingerprint density at radius 3 is 3.00 bits per heavy atom. The Kier molecular flexibility index (Phi) is 4.38. The third-order valence-corrected chi connectivity index (χ3v) is 5.03. The molecule has 0 saturated carbocycles. The first-order valence-corrected chi connectivity index (χ1v) is 8.96. The van der Waals surface area contributed by atoms with E-state index in [1.165, 1.54) is 0 Å². The fraction of sp³-hybridized carbons (Fsp3) is 0.368. The summed E-state index contributed by atoms with van der Waals surface area (Å²) in [6.07, 6.45) is 3.78. The van der Waals surface area contributed by atoms with Crippen LogP contribution in [0.1, 0.15) is 35.9 Å². The summed E-state index contributed by atoms with van der Waals surface area (Å²) in [6, 6.07) is 10.2. The number of carbonyl (C=O) groups is 1. The lowest BCUT2D eigenvalue weighted by atomic mass is 10.00. The summed E-state index contributed by atoms with van der Waals surface area (Å²) in [5, 5.41) is 15.9. The average molecular weight is 350 g/mol. The monoisotopic (exact) mass is 350 g/mol. The molecule has 1 fully saturated rings. The van der Waals surface area contributed by atoms with Crippen LogP contribution in [0.25, 0.3) is 16.6 Å². The molecule has 1 aromatic carbocycles. The summed E-state index contributed by atoms with van der Waals surface area (Å²) in [6.45, 7) is 4.95. The molecule has 0 aliphatic carbocycles. The van der Waals surface area contributed by atoms with Crippen molar-refractivity contribution in [3.05, 3.63) is 47.9 Å². The van der Waals surface area contributed by atoms with Gasteiger partial charge in [0.1, 0.15) is 0 Å². The number of nitrogens with one attached hydrogen (secondary N) is 2. The summed E-state index contributed by atoms with van der Waals surface area (Å²) < 4.78 is 1.69. The van der Waals surface area contributed by atoms with Crippen molar-refractivity contribution in [3.8, 4) is 5.69 Å². The lowest BCUT2D eigenvalue weighted by Gasteiger charge is -2.30. The zero-order valence-electron chi connectivity index (χ0n) is 14.9. The number of carbonyl (C=O) groups excluding carboxylic acids is 1. The van der Waals surface area contributed by atoms with Crippen molar-refractivity contribution >= 4 is 16.8 Å². The van der Waals surface area contributed by atoms with Gasteiger partial charge in [-0.15, -0.1) is 5.10 Å². The van der Waals surface area contributed by atoms with Gasteiger partial charge in [-0.3, -0.25) is 9.78 Å². The maximum Gasteiger partial charge on any atom is 0.274 e. The Bertz CT molecular complexity index is 945. The Balaban J connectivity index is 1.65. The first-order valence-electron chi connectivity index (χ1n) is 8.96. The third kappa shape index (κ3) is 2.94. The average Bonchev–Trinajstić information content (AvgIpc) is 3.04. The first-order chi connectivity index (χ1) is 12.6. The molecule has 3 heterocycles. The van der Waals surface area contributed by atoms with Crippen LogP contribution in [0.4, 0.5) is 0 Å². The first kappa shape index (κ1) is 16.7. The van der Waals surface area contributed by atoms with Gasteiger partial charge in [-0.2, -0.15) is 0 Å². The molecule has 1 amide bonds. The number of rotatable bonds is 3. The SMILES string of the molecule is Cc1c(C(=O)NC2CCCNC2C)nnn1-c1cccc2cccnc12. The number of hydrogen-bond donors (Lipinski definition) is 2. The van der Waals surface area contributed by atoms with Crippen LogP contribution in [0.2, 0.25) is 0 Å². The number of hydrogen-bond acceptors (Lipinski definition) is 5. The Morgan fingerprint density at radius 2 is 2.15 bits per heavy atom. The van der Waals surface area contributed by atoms with Gasteiger partial charge < -0.3 is 10.6 Å². The van der Waals surface area contributed by atoms with Crippen molar-refractivity contribution in [1.82, 2.24) is 30.6 Å². The Morgan fingerprint density at radius 1 is 1.31 bits per heavy atom. The molecule has 2 aromatic heterocycles. The molecule has 1 aliphatic rings. The summed E-state index contributed by atoms with van der Waals surface area (Å²) >= 11 is 0. The maximum absolute atomic E-state index is 12.7. The van der Waals surface area contributed by atoms with E-state index in [4.69, 9.17) is 0 Å². The van der Waals surface area contributed by atoms with Gasteiger partial charge in [0, 0.05) is 23.7 Å². The van der Waals surface area contributed by atoms with E-state index in [1.807, 2.05) is 37.3 Å². The normalized spacial score (nSPS) is 20.2. The molecule has 2 atom stereocenters. The molecule has 2 unspecified atom stereocenters. The number of nitrogens with zero attached hydrogens (tertiary/aromatic N) is 4. The second-order valence-corrected chi connectivity index (χ2v) is 6.75. The molecule has 0 radical (unpaired) electrons. The van der Waals surface area contributed by atoms with Gasteiger partial charge in [0.25, 0.3) is 5.91 Å². The van der Waals surface area contributed by atoms with Crippen molar-refractivity contribution in [2.75, 3.05) is 6.54 Å². The molecular weight excluding hydrogens is 328 g/mol. The molecule has 3 aromatic rings. The second-order valence-electron chi connectivity index (χ2n) is 6.75. The molecule has 1 aliphatic heterocycles. The number of pyridine rings is 1. The van der Waals surface area contributed by atoms with Gasteiger partial charge in [-0.1, -0.05) is 23.4 Å². The number of para-hydroxylation sites is 1. The van der Waals surface area contributed by atoms with Crippen molar-refractivity contribution in [2.45, 2.75) is 38.8 Å². The molecule has 0 spiro atoms. The van der Waals surface area contributed by atoms with Crippen molar-refractivity contribution in [1.29, 1.82) is 0 Å². The van der Waals surface area contributed by atoms with Crippen LogP contribution < -0.4 is 10.6 Å². The minimum atomic E-state index is -0.178. The van der Waals surface area contributed by atoms with E-state index in [0.29, 0.717) is 11.4 Å². The highest BCUT2D eigenvalue weighted by molar-refractivity contribution is 5.94. The largest absolute Gasteiger partial charge is 0.346 e. The molecule has 1 saturated heterocycles. The molecule has 7 heteroatoms. The topological polar surface area (TPSA) is 84.7 Å². The second kappa shape index (κ2) is 6.84. The summed E-state index contributed by atoms with van der Waals surface area (Å²) in [4.78, 5) is 17.2. The summed E-state index contributed by atoms with van der Waals surface area (Å²) in [5.41, 5.74) is 2.72. The summed E-state index contributed by atoms with van der Waals surface area (Å²) in [5.74, 6) is -0.178. The van der Waals surface area contributed by atoms with Crippen LogP contribution >= 0.6 is 0 Å². The van der Waals surface area contributed by atoms with Crippen LogP contribution in [-0.4, -0.2) is 44.5 Å². The lowest BCUT2D eigenvalue weighted by Crippen LogP contribution is -2.52. The van der Waals surface area contributed by atoms with Gasteiger partial charge >= 0.3 is 0 Å². The minimum absolute atomic E-state index is 0.111. The fourth-order valence-corrected chi connectivity index (χ4v) is 3.50. The van der Waals surface area contributed by atoms with E-state index < -0.39 is 0 Å². The Labute approximate surface area is 151 Å². The number of fused-ring (bicyclic) bond motifs is 1. The van der Waals surface area contributed by atoms with Gasteiger partial charge in [-0.25, -0.2) is 4.68 Å². The van der Waals surface area contributed by atoms with E-state index in [0.717, 1.165) is 36.0 Å². The zero-order valence-corrected chi connectivity index (χ0v) is 14.9. The van der Waals surface area contributed by atoms with Gasteiger partial charge in [-0.05, 0) is 45.4 Å². The third-order valence-electron chi connectivity index (χ3n) is 5.03. The van der Waals surface area contributed by atoms with Gasteiger partial charge in [0.05, 0.1) is 16.9 Å². The molecule has 2 N–H and O–H groups in total. The highest BCUT2D eigenvalue weighted by Gasteiger charge is 2.25. The molecule has 26 heavy (non-hydrogen) atoms. The quantitative estimate of drug-likeness (QED) is 0.755. The summed E-state index contributed by atoms with van der Waals surface area (Å²) in [7, 11) is 0. The van der Waals surface area contributed by atoms with E-state index in [-0.39, 0.29) is 18.0 Å². The number of benzene rings is 1. The maximum atomic E-state index is 12.7. The van der Waals surface area contributed by atoms with Gasteiger partial charge in [0.2, 0.25) is 0 Å². The minimum Gasteiger partial charge on any atom is -0.346 e. The highest BCUT2D eigenvalue weighted by atomic mass is 16.2. The highest BCUT2D eigenvalue weighted by Crippen LogP contribution is 2.21. The molecule has 4 rings (SSSR count). The van der Waals surface area contributed by atoms with Crippen molar-refractivity contribution in [3.63, 3.8) is 0 Å². The predicted molar refractivity (Wildman–Crippen MR) is 99.3 cm³/mol. The van der Waals surface area contributed by atoms with Crippen molar-refractivity contribution in [2.24, 2.45) is 0 Å². The van der Waals surface area contributed by atoms with Crippen molar-refractivity contribution < 1.29 is 4.79 Å². The van der Waals surface area contributed by atoms with Crippen LogP contribution in [0.15, 0.2) is 36.5 Å². The van der Waals surface area contributed by atoms with E-state index in [1.54, 1.807) is 10.9 Å². The zero-order chi connectivity index (χ0) is 18.1. The molecule has 7 nitrogen and oxygen atoms in total. The van der Waals surface area contributed by atoms with E-state index >= 15 is 0 Å². The standard InChI is InChI=1S/C19H22N6O/c1-12-15(8-5-10-20-12)22-19(26)17-13(2)25(24-23-17)16-9-3-6-14-7-4-11-21-18(14)16/h3-4,6-7,9,11-12,15,20H,5,8,10H2,1-2H3,(H,22,26). The van der Waals surface area contributed by atoms with Crippen LogP contribution in [-0.2, 0) is 0 Å². The fourth-order valence-electron chi connectivity index (χ4n) is 3.50. The molecular formula is C19H22N6O. The van der Waals surface area contributed by atoms with Crippen LogP contribution in [0.3, 0.4) is 0 Å². The predicted octanol–water partition coefficient (Wildman–Crippen LogP) is 1.99. The van der Waals surface area contributed by atoms with E-state index in [2.05, 4.69) is 32.9 Å². The molecule has 0 bridgehead atoms. The van der Waals surface area contributed by atoms with E-state index in [9.17, 15) is 4.79 Å². The molecule has 134 valence electrons. The lowest BCUT2D eigenvalue weighted by molar-refractivity contribution is 0.0914.